The van der Waals surface area contributed by atoms with Crippen molar-refractivity contribution in [3.05, 3.63) is 27.9 Å². The molecule has 0 saturated carbocycles. The van der Waals surface area contributed by atoms with E-state index in [4.69, 9.17) is 10.2 Å². The van der Waals surface area contributed by atoms with Crippen LogP contribution in [-0.4, -0.2) is 44.6 Å². The van der Waals surface area contributed by atoms with Gasteiger partial charge in [0.25, 0.3) is 5.91 Å². The first-order valence-corrected chi connectivity index (χ1v) is 4.94. The molecular weight excluding hydrogens is 246 g/mol. The molecule has 0 aliphatic carbocycles. The molecule has 1 aromatic rings. The Hall–Kier alpha value is -2.42. The first-order valence-electron chi connectivity index (χ1n) is 4.94. The maximum absolute atomic E-state index is 11.4. The van der Waals surface area contributed by atoms with Crippen molar-refractivity contribution in [2.75, 3.05) is 6.54 Å². The molecule has 0 aliphatic heterocycles. The van der Waals surface area contributed by atoms with Crippen LogP contribution < -0.4 is 5.32 Å². The van der Waals surface area contributed by atoms with E-state index in [1.807, 2.05) is 0 Å². The normalized spacial score (nSPS) is 11.8. The van der Waals surface area contributed by atoms with Crippen LogP contribution in [0.25, 0.3) is 0 Å². The van der Waals surface area contributed by atoms with Crippen LogP contribution in [0.4, 0.5) is 5.82 Å². The van der Waals surface area contributed by atoms with Crippen LogP contribution >= 0.6 is 0 Å². The highest BCUT2D eigenvalue weighted by molar-refractivity contribution is 5.92. The monoisotopic (exact) mass is 257 g/mol. The summed E-state index contributed by atoms with van der Waals surface area (Å²) in [6.45, 7) is -0.0564. The summed E-state index contributed by atoms with van der Waals surface area (Å²) in [7, 11) is 0. The van der Waals surface area contributed by atoms with Gasteiger partial charge in [-0.2, -0.15) is 0 Å². The number of rotatable bonds is 6. The Kier molecular flexibility index (Phi) is 4.38. The van der Waals surface area contributed by atoms with Crippen molar-refractivity contribution in [1.29, 1.82) is 0 Å². The fraction of sp³-hybridized carbons (Fsp3) is 0.333. The molecule has 0 aliphatic rings. The topological polar surface area (TPSA) is 146 Å². The van der Waals surface area contributed by atoms with Crippen LogP contribution in [0.1, 0.15) is 16.9 Å². The minimum Gasteiger partial charge on any atom is -0.479 e. The first kappa shape index (κ1) is 13.6. The number of carboxylic acids is 1. The summed E-state index contributed by atoms with van der Waals surface area (Å²) in [5.41, 5.74) is -0.00786. The number of H-pyrrole nitrogens is 1. The quantitative estimate of drug-likeness (QED) is 0.398. The van der Waals surface area contributed by atoms with Gasteiger partial charge in [-0.15, -0.1) is 0 Å². The van der Waals surface area contributed by atoms with Crippen molar-refractivity contribution < 1.29 is 24.7 Å². The van der Waals surface area contributed by atoms with Gasteiger partial charge >= 0.3 is 11.8 Å². The second-order valence-electron chi connectivity index (χ2n) is 3.41. The number of carbonyl (C=O) groups is 2. The third kappa shape index (κ3) is 3.56. The highest BCUT2D eigenvalue weighted by atomic mass is 16.6. The lowest BCUT2D eigenvalue weighted by Crippen LogP contribution is -2.30. The van der Waals surface area contributed by atoms with Gasteiger partial charge in [0.1, 0.15) is 0 Å². The number of aliphatic hydroxyl groups excluding tert-OH is 1. The Bertz CT molecular complexity index is 469. The third-order valence-electron chi connectivity index (χ3n) is 2.10. The molecule has 1 heterocycles. The zero-order valence-electron chi connectivity index (χ0n) is 9.12. The van der Waals surface area contributed by atoms with Crippen LogP contribution in [-0.2, 0) is 4.79 Å². The van der Waals surface area contributed by atoms with Crippen LogP contribution in [0.3, 0.4) is 0 Å². The Balaban J connectivity index is 2.45. The summed E-state index contributed by atoms with van der Waals surface area (Å²) in [6, 6.07) is 2.38. The summed E-state index contributed by atoms with van der Waals surface area (Å²) in [6.07, 6.45) is -1.70. The molecule has 1 unspecified atom stereocenters. The molecule has 1 amide bonds. The summed E-state index contributed by atoms with van der Waals surface area (Å²) < 4.78 is 0. The van der Waals surface area contributed by atoms with E-state index in [9.17, 15) is 19.7 Å². The minimum atomic E-state index is -1.55. The van der Waals surface area contributed by atoms with Crippen LogP contribution in [0.15, 0.2) is 12.1 Å². The fourth-order valence-electron chi connectivity index (χ4n) is 1.16. The van der Waals surface area contributed by atoms with E-state index in [2.05, 4.69) is 10.3 Å². The average molecular weight is 257 g/mol. The first-order chi connectivity index (χ1) is 8.41. The molecule has 9 heteroatoms. The lowest BCUT2D eigenvalue weighted by molar-refractivity contribution is -0.389. The average Bonchev–Trinajstić information content (AvgIpc) is 2.77. The van der Waals surface area contributed by atoms with Gasteiger partial charge in [0, 0.05) is 19.0 Å². The van der Waals surface area contributed by atoms with E-state index < -0.39 is 22.9 Å². The Labute approximate surface area is 101 Å². The zero-order chi connectivity index (χ0) is 13.7. The van der Waals surface area contributed by atoms with Crippen LogP contribution in [0, 0.1) is 10.1 Å². The molecule has 0 saturated heterocycles. The van der Waals surface area contributed by atoms with E-state index in [-0.39, 0.29) is 24.5 Å². The molecular formula is C9H11N3O6. The molecule has 98 valence electrons. The van der Waals surface area contributed by atoms with E-state index >= 15 is 0 Å². The zero-order valence-corrected chi connectivity index (χ0v) is 9.12. The number of carboxylic acid groups (broad SMARTS) is 1. The molecule has 0 bridgehead atoms. The number of amides is 1. The van der Waals surface area contributed by atoms with Crippen LogP contribution in [0.2, 0.25) is 0 Å². The van der Waals surface area contributed by atoms with Gasteiger partial charge in [-0.1, -0.05) is 0 Å². The van der Waals surface area contributed by atoms with Gasteiger partial charge in [-0.3, -0.25) is 4.79 Å². The molecule has 4 N–H and O–H groups in total. The summed E-state index contributed by atoms with van der Waals surface area (Å²) in [4.78, 5) is 33.7. The largest absolute Gasteiger partial charge is 0.479 e. The van der Waals surface area contributed by atoms with E-state index in [1.165, 1.54) is 6.07 Å². The lowest BCUT2D eigenvalue weighted by atomic mass is 10.2. The molecule has 0 aromatic carbocycles. The Morgan fingerprint density at radius 3 is 2.67 bits per heavy atom. The number of hydrogen-bond donors (Lipinski definition) is 4. The summed E-state index contributed by atoms with van der Waals surface area (Å²) in [5, 5.41) is 30.0. The van der Waals surface area contributed by atoms with Crippen molar-refractivity contribution in [1.82, 2.24) is 10.3 Å². The number of aromatic nitrogens is 1. The van der Waals surface area contributed by atoms with Gasteiger partial charge in [-0.05, 0) is 11.0 Å². The van der Waals surface area contributed by atoms with Crippen LogP contribution in [0.5, 0.6) is 0 Å². The van der Waals surface area contributed by atoms with Gasteiger partial charge in [-0.25, -0.2) is 9.78 Å². The van der Waals surface area contributed by atoms with Gasteiger partial charge in [0.2, 0.25) is 0 Å². The van der Waals surface area contributed by atoms with Crippen molar-refractivity contribution in [3.8, 4) is 0 Å². The number of nitrogens with one attached hydrogen (secondary N) is 2. The number of aliphatic hydroxyl groups is 1. The number of hydrogen-bond acceptors (Lipinski definition) is 5. The number of nitro groups is 1. The molecule has 1 atom stereocenters. The molecule has 9 nitrogen and oxygen atoms in total. The van der Waals surface area contributed by atoms with Crippen molar-refractivity contribution in [3.63, 3.8) is 0 Å². The molecule has 0 radical (unpaired) electrons. The fourth-order valence-corrected chi connectivity index (χ4v) is 1.16. The van der Waals surface area contributed by atoms with E-state index in [0.29, 0.717) is 0 Å². The predicted molar refractivity (Wildman–Crippen MR) is 58.0 cm³/mol. The second kappa shape index (κ2) is 5.77. The van der Waals surface area contributed by atoms with Gasteiger partial charge in [0.05, 0.1) is 0 Å². The second-order valence-corrected chi connectivity index (χ2v) is 3.41. The Morgan fingerprint density at radius 1 is 1.50 bits per heavy atom. The Morgan fingerprint density at radius 2 is 2.17 bits per heavy atom. The molecule has 1 aromatic heterocycles. The maximum atomic E-state index is 11.4. The highest BCUT2D eigenvalue weighted by Crippen LogP contribution is 2.09. The summed E-state index contributed by atoms with van der Waals surface area (Å²) in [5.74, 6) is -2.30. The van der Waals surface area contributed by atoms with E-state index in [1.54, 1.807) is 0 Å². The molecule has 0 spiro atoms. The van der Waals surface area contributed by atoms with E-state index in [0.717, 1.165) is 6.07 Å². The number of carbonyl (C=O) groups excluding carboxylic acids is 1. The lowest BCUT2D eigenvalue weighted by Gasteiger charge is -2.05. The number of nitrogens with zero attached hydrogens (tertiary/aromatic N) is 1. The number of aliphatic carboxylic acids is 1. The highest BCUT2D eigenvalue weighted by Gasteiger charge is 2.16. The van der Waals surface area contributed by atoms with Gasteiger partial charge < -0.3 is 25.6 Å². The smallest absolute Gasteiger partial charge is 0.332 e. The standard InChI is InChI=1S/C9H11N3O6/c13-6(9(15)16)3-4-10-8(14)5-1-2-7(11-5)12(17)18/h1-2,6,11,13H,3-4H2,(H,10,14)(H,15,16). The minimum absolute atomic E-state index is 0.00786. The van der Waals surface area contributed by atoms with Crippen molar-refractivity contribution >= 4 is 17.7 Å². The van der Waals surface area contributed by atoms with Crippen molar-refractivity contribution in [2.45, 2.75) is 12.5 Å². The SMILES string of the molecule is O=C(NCCC(O)C(=O)O)c1ccc([N+](=O)[O-])[nH]1. The van der Waals surface area contributed by atoms with Gasteiger partial charge in [0.15, 0.2) is 11.8 Å². The number of aromatic amines is 1. The maximum Gasteiger partial charge on any atom is 0.332 e. The molecule has 1 rings (SSSR count). The third-order valence-corrected chi connectivity index (χ3v) is 2.10. The molecule has 0 fully saturated rings. The predicted octanol–water partition coefficient (Wildman–Crippen LogP) is -0.512. The van der Waals surface area contributed by atoms with Crippen molar-refractivity contribution in [2.24, 2.45) is 0 Å². The summed E-state index contributed by atoms with van der Waals surface area (Å²) >= 11 is 0. The molecule has 18 heavy (non-hydrogen) atoms.